The van der Waals surface area contributed by atoms with E-state index in [4.69, 9.17) is 4.74 Å². The van der Waals surface area contributed by atoms with E-state index in [1.807, 2.05) is 48.5 Å². The lowest BCUT2D eigenvalue weighted by Crippen LogP contribution is -2.19. The number of carboxylic acid groups (broad SMARTS) is 1. The number of hydrogen-bond acceptors (Lipinski definition) is 4. The van der Waals surface area contributed by atoms with Crippen LogP contribution in [-0.4, -0.2) is 17.2 Å². The molecule has 1 amide bonds. The van der Waals surface area contributed by atoms with E-state index in [1.165, 1.54) is 30.3 Å². The van der Waals surface area contributed by atoms with E-state index in [1.54, 1.807) is 6.92 Å². The molecule has 1 saturated carbocycles. The molecule has 5 rings (SSSR count). The van der Waals surface area contributed by atoms with Crippen molar-refractivity contribution < 1.29 is 28.2 Å². The van der Waals surface area contributed by atoms with Gasteiger partial charge in [0.15, 0.2) is 5.13 Å². The molecule has 1 atom stereocenters. The van der Waals surface area contributed by atoms with Crippen molar-refractivity contribution in [3.63, 3.8) is 0 Å². The zero-order valence-electron chi connectivity index (χ0n) is 19.8. The summed E-state index contributed by atoms with van der Waals surface area (Å²) in [6.07, 6.45) is -0.0584. The topological polar surface area (TPSA) is 75.6 Å². The first-order valence-corrected chi connectivity index (χ1v) is 12.5. The second-order valence-corrected chi connectivity index (χ2v) is 10.1. The molecule has 1 heterocycles. The number of anilines is 1. The first-order valence-electron chi connectivity index (χ1n) is 11.7. The monoisotopic (exact) mass is 519 g/mol. The maximum Gasteiger partial charge on any atom is 0.412 e. The lowest BCUT2D eigenvalue weighted by Gasteiger charge is -2.14. The van der Waals surface area contributed by atoms with Crippen molar-refractivity contribution in [2.45, 2.75) is 31.3 Å². The summed E-state index contributed by atoms with van der Waals surface area (Å²) in [5.41, 5.74) is 3.57. The predicted octanol–water partition coefficient (Wildman–Crippen LogP) is 7.79. The number of aliphatic carboxylic acids is 1. The number of hydrogen-bond donors (Lipinski definition) is 2. The maximum absolute atomic E-state index is 14.2. The quantitative estimate of drug-likeness (QED) is 0.261. The van der Waals surface area contributed by atoms with Crippen molar-refractivity contribution in [1.82, 2.24) is 0 Å². The number of carbonyl (C=O) groups excluding carboxylic acids is 1. The number of amides is 1. The van der Waals surface area contributed by atoms with E-state index >= 15 is 0 Å². The molecule has 37 heavy (non-hydrogen) atoms. The number of nitrogens with one attached hydrogen (secondary N) is 1. The molecular weight excluding hydrogens is 496 g/mol. The molecule has 2 N–H and O–H groups in total. The van der Waals surface area contributed by atoms with Gasteiger partial charge in [-0.2, -0.15) is 4.39 Å². The Morgan fingerprint density at radius 3 is 2.05 bits per heavy atom. The summed E-state index contributed by atoms with van der Waals surface area (Å²) >= 11 is 0.908. The van der Waals surface area contributed by atoms with Crippen molar-refractivity contribution in [2.24, 2.45) is 0 Å². The summed E-state index contributed by atoms with van der Waals surface area (Å²) < 4.78 is 32.7. The fourth-order valence-corrected chi connectivity index (χ4v) is 5.16. The van der Waals surface area contributed by atoms with Crippen LogP contribution in [0.4, 0.5) is 19.3 Å². The Bertz CT molecular complexity index is 1440. The molecule has 1 aliphatic rings. The molecule has 3 aromatic carbocycles. The molecule has 1 fully saturated rings. The minimum Gasteiger partial charge on any atom is -0.481 e. The van der Waals surface area contributed by atoms with Crippen molar-refractivity contribution in [3.05, 3.63) is 101 Å². The minimum atomic E-state index is -0.786. The van der Waals surface area contributed by atoms with Gasteiger partial charge in [-0.25, -0.2) is 9.18 Å². The van der Waals surface area contributed by atoms with Gasteiger partial charge in [-0.1, -0.05) is 60.7 Å². The highest BCUT2D eigenvalue weighted by Crippen LogP contribution is 2.48. The molecule has 0 spiro atoms. The number of benzene rings is 3. The first-order chi connectivity index (χ1) is 17.7. The van der Waals surface area contributed by atoms with Crippen LogP contribution in [0.25, 0.3) is 21.6 Å². The zero-order chi connectivity index (χ0) is 26.2. The van der Waals surface area contributed by atoms with Gasteiger partial charge in [0.05, 0.1) is 16.0 Å². The smallest absolute Gasteiger partial charge is 0.412 e. The SMILES string of the molecule is C[C@@H](OC(=O)Nc1cc(F)sc1-c1ccc(-c2ccc(C3(C(=O)O)CC3)cc2)cc1)c1ccc(F)cc1. The Balaban J connectivity index is 1.29. The van der Waals surface area contributed by atoms with E-state index < -0.39 is 28.7 Å². The van der Waals surface area contributed by atoms with Gasteiger partial charge < -0.3 is 9.84 Å². The molecule has 1 aromatic heterocycles. The van der Waals surface area contributed by atoms with E-state index in [-0.39, 0.29) is 5.82 Å². The number of carboxylic acids is 1. The van der Waals surface area contributed by atoms with E-state index in [0.29, 0.717) is 29.0 Å². The summed E-state index contributed by atoms with van der Waals surface area (Å²) in [5.74, 6) is -1.17. The van der Waals surface area contributed by atoms with Gasteiger partial charge in [0.2, 0.25) is 0 Å². The third-order valence-electron chi connectivity index (χ3n) is 6.64. The van der Waals surface area contributed by atoms with Gasteiger partial charge in [0, 0.05) is 6.07 Å². The van der Waals surface area contributed by atoms with Crippen molar-refractivity contribution in [2.75, 3.05) is 5.32 Å². The fraction of sp³-hybridized carbons (Fsp3) is 0.172. The number of carbonyl (C=O) groups is 2. The highest BCUT2D eigenvalue weighted by molar-refractivity contribution is 7.14. The van der Waals surface area contributed by atoms with Gasteiger partial charge in [0.25, 0.3) is 0 Å². The van der Waals surface area contributed by atoms with Crippen LogP contribution in [-0.2, 0) is 14.9 Å². The van der Waals surface area contributed by atoms with Gasteiger partial charge in [-0.3, -0.25) is 10.1 Å². The second-order valence-electron chi connectivity index (χ2n) is 9.06. The van der Waals surface area contributed by atoms with Crippen LogP contribution in [0.3, 0.4) is 0 Å². The Hall–Kier alpha value is -4.04. The minimum absolute atomic E-state index is 0.291. The third kappa shape index (κ3) is 5.11. The number of halogens is 2. The first kappa shape index (κ1) is 24.6. The van der Waals surface area contributed by atoms with E-state index in [9.17, 15) is 23.5 Å². The lowest BCUT2D eigenvalue weighted by atomic mass is 9.93. The van der Waals surface area contributed by atoms with Crippen LogP contribution >= 0.6 is 11.3 Å². The summed E-state index contributed by atoms with van der Waals surface area (Å²) in [6.45, 7) is 1.67. The van der Waals surface area contributed by atoms with Crippen LogP contribution in [0.2, 0.25) is 0 Å². The number of thiophene rings is 1. The average Bonchev–Trinajstić information content (AvgIpc) is 3.63. The molecule has 0 unspecified atom stereocenters. The molecule has 5 nitrogen and oxygen atoms in total. The van der Waals surface area contributed by atoms with Crippen LogP contribution < -0.4 is 5.32 Å². The molecule has 0 bridgehead atoms. The zero-order valence-corrected chi connectivity index (χ0v) is 20.6. The fourth-order valence-electron chi connectivity index (χ4n) is 4.32. The Morgan fingerprint density at radius 2 is 1.49 bits per heavy atom. The maximum atomic E-state index is 14.2. The largest absolute Gasteiger partial charge is 0.481 e. The Kier molecular flexibility index (Phi) is 6.52. The molecular formula is C29H23F2NO4S. The van der Waals surface area contributed by atoms with Crippen LogP contribution in [0, 0.1) is 10.9 Å². The summed E-state index contributed by atoms with van der Waals surface area (Å²) in [4.78, 5) is 24.6. The molecule has 4 aromatic rings. The van der Waals surface area contributed by atoms with Crippen molar-refractivity contribution in [1.29, 1.82) is 0 Å². The van der Waals surface area contributed by atoms with Crippen LogP contribution in [0.5, 0.6) is 0 Å². The molecule has 0 saturated heterocycles. The molecule has 0 aliphatic heterocycles. The van der Waals surface area contributed by atoms with Gasteiger partial charge in [-0.15, -0.1) is 11.3 Å². The Labute approximate surface area is 216 Å². The molecule has 8 heteroatoms. The van der Waals surface area contributed by atoms with Crippen molar-refractivity contribution >= 4 is 29.1 Å². The predicted molar refractivity (Wildman–Crippen MR) is 139 cm³/mol. The van der Waals surface area contributed by atoms with Gasteiger partial charge >= 0.3 is 12.1 Å². The normalized spacial score (nSPS) is 14.6. The van der Waals surface area contributed by atoms with Crippen molar-refractivity contribution in [3.8, 4) is 21.6 Å². The number of ether oxygens (including phenoxy) is 1. The van der Waals surface area contributed by atoms with E-state index in [0.717, 1.165) is 33.6 Å². The third-order valence-corrected chi connectivity index (χ3v) is 7.61. The highest BCUT2D eigenvalue weighted by atomic mass is 32.1. The lowest BCUT2D eigenvalue weighted by molar-refractivity contribution is -0.140. The average molecular weight is 520 g/mol. The van der Waals surface area contributed by atoms with Gasteiger partial charge in [0.1, 0.15) is 11.9 Å². The Morgan fingerprint density at radius 1 is 0.919 bits per heavy atom. The van der Waals surface area contributed by atoms with Crippen LogP contribution in [0.1, 0.15) is 37.0 Å². The van der Waals surface area contributed by atoms with E-state index in [2.05, 4.69) is 5.32 Å². The molecule has 188 valence electrons. The summed E-state index contributed by atoms with van der Waals surface area (Å²) in [6, 6.07) is 21.9. The highest BCUT2D eigenvalue weighted by Gasteiger charge is 2.51. The molecule has 1 aliphatic carbocycles. The molecule has 0 radical (unpaired) electrons. The van der Waals surface area contributed by atoms with Crippen LogP contribution in [0.15, 0.2) is 78.9 Å². The van der Waals surface area contributed by atoms with Gasteiger partial charge in [-0.05, 0) is 59.7 Å². The second kappa shape index (κ2) is 9.78. The summed E-state index contributed by atoms with van der Waals surface area (Å²) in [5, 5.41) is 11.6. The summed E-state index contributed by atoms with van der Waals surface area (Å²) in [7, 11) is 0. The number of rotatable bonds is 7. The standard InChI is InChI=1S/C29H23F2NO4S/c1-17(18-8-12-23(30)13-9-18)36-28(35)32-24-16-25(31)37-26(24)21-4-2-19(3-5-21)20-6-10-22(11-7-20)29(14-15-29)27(33)34/h2-13,16-17H,14-15H2,1H3,(H,32,35)(H,33,34)/t17-/m1/s1.